The highest BCUT2D eigenvalue weighted by atomic mass is 35.5. The van der Waals surface area contributed by atoms with Gasteiger partial charge in [0.1, 0.15) is 0 Å². The summed E-state index contributed by atoms with van der Waals surface area (Å²) in [6.45, 7) is 5.02. The molecule has 1 N–H and O–H groups in total. The van der Waals surface area contributed by atoms with Crippen molar-refractivity contribution in [3.05, 3.63) is 35.9 Å². The molecule has 0 aromatic heterocycles. The number of carbonyl (C=O) groups is 1. The number of amides is 1. The van der Waals surface area contributed by atoms with Crippen molar-refractivity contribution in [1.29, 1.82) is 0 Å². The third-order valence-corrected chi connectivity index (χ3v) is 5.05. The average molecular weight is 323 g/mol. The molecule has 1 aromatic carbocycles. The van der Waals surface area contributed by atoms with Gasteiger partial charge in [0.2, 0.25) is 5.91 Å². The number of nitrogens with zero attached hydrogens (tertiary/aromatic N) is 1. The van der Waals surface area contributed by atoms with Crippen molar-refractivity contribution < 1.29 is 4.79 Å². The van der Waals surface area contributed by atoms with Gasteiger partial charge in [-0.05, 0) is 50.6 Å². The van der Waals surface area contributed by atoms with Crippen molar-refractivity contribution in [2.24, 2.45) is 5.92 Å². The SMILES string of the molecule is C[C@H]1C[C@@H](C(=O)N2CCC(c3ccccc3)CC2)CCN1.Cl. The van der Waals surface area contributed by atoms with E-state index in [-0.39, 0.29) is 18.3 Å². The molecule has 122 valence electrons. The fourth-order valence-corrected chi connectivity index (χ4v) is 3.77. The maximum atomic E-state index is 12.6. The number of benzene rings is 1. The third-order valence-electron chi connectivity index (χ3n) is 5.05. The summed E-state index contributed by atoms with van der Waals surface area (Å²) < 4.78 is 0. The second kappa shape index (κ2) is 7.98. The van der Waals surface area contributed by atoms with Gasteiger partial charge in [-0.3, -0.25) is 4.79 Å². The van der Waals surface area contributed by atoms with Crippen LogP contribution in [0.25, 0.3) is 0 Å². The van der Waals surface area contributed by atoms with Crippen molar-refractivity contribution in [2.75, 3.05) is 19.6 Å². The van der Waals surface area contributed by atoms with Gasteiger partial charge < -0.3 is 10.2 Å². The number of hydrogen-bond donors (Lipinski definition) is 1. The van der Waals surface area contributed by atoms with Crippen LogP contribution in [0.3, 0.4) is 0 Å². The largest absolute Gasteiger partial charge is 0.342 e. The van der Waals surface area contributed by atoms with Gasteiger partial charge in [0.05, 0.1) is 0 Å². The zero-order chi connectivity index (χ0) is 14.7. The number of likely N-dealkylation sites (tertiary alicyclic amines) is 1. The van der Waals surface area contributed by atoms with E-state index in [2.05, 4.69) is 47.5 Å². The topological polar surface area (TPSA) is 32.3 Å². The Hall–Kier alpha value is -1.06. The molecule has 0 spiro atoms. The molecule has 2 aliphatic heterocycles. The molecule has 0 bridgehead atoms. The summed E-state index contributed by atoms with van der Waals surface area (Å²) in [4.78, 5) is 14.8. The van der Waals surface area contributed by atoms with Crippen LogP contribution in [-0.4, -0.2) is 36.5 Å². The van der Waals surface area contributed by atoms with Crippen LogP contribution >= 0.6 is 12.4 Å². The minimum absolute atomic E-state index is 0. The molecule has 2 fully saturated rings. The molecule has 0 unspecified atom stereocenters. The summed E-state index contributed by atoms with van der Waals surface area (Å²) in [6.07, 6.45) is 4.21. The van der Waals surface area contributed by atoms with Gasteiger partial charge in [-0.2, -0.15) is 0 Å². The van der Waals surface area contributed by atoms with Crippen LogP contribution in [0.5, 0.6) is 0 Å². The van der Waals surface area contributed by atoms with E-state index in [1.807, 2.05) is 0 Å². The lowest BCUT2D eigenvalue weighted by molar-refractivity contribution is -0.137. The van der Waals surface area contributed by atoms with Crippen molar-refractivity contribution in [2.45, 2.75) is 44.6 Å². The van der Waals surface area contributed by atoms with Crippen LogP contribution in [0.4, 0.5) is 0 Å². The second-order valence-corrected chi connectivity index (χ2v) is 6.59. The van der Waals surface area contributed by atoms with Crippen molar-refractivity contribution >= 4 is 18.3 Å². The maximum Gasteiger partial charge on any atom is 0.225 e. The van der Waals surface area contributed by atoms with E-state index in [0.29, 0.717) is 17.9 Å². The van der Waals surface area contributed by atoms with E-state index in [4.69, 9.17) is 0 Å². The zero-order valence-corrected chi connectivity index (χ0v) is 14.1. The molecule has 4 heteroatoms. The molecule has 2 heterocycles. The number of piperidine rings is 2. The highest BCUT2D eigenvalue weighted by molar-refractivity contribution is 5.85. The number of hydrogen-bond acceptors (Lipinski definition) is 2. The zero-order valence-electron chi connectivity index (χ0n) is 13.3. The lowest BCUT2D eigenvalue weighted by Crippen LogP contribution is -2.46. The monoisotopic (exact) mass is 322 g/mol. The lowest BCUT2D eigenvalue weighted by atomic mass is 9.87. The van der Waals surface area contributed by atoms with Crippen LogP contribution in [0.1, 0.15) is 44.1 Å². The van der Waals surface area contributed by atoms with Gasteiger partial charge in [0.15, 0.2) is 0 Å². The Kier molecular flexibility index (Phi) is 6.27. The van der Waals surface area contributed by atoms with Gasteiger partial charge in [0, 0.05) is 25.0 Å². The summed E-state index contributed by atoms with van der Waals surface area (Å²) in [5.41, 5.74) is 1.43. The normalized spacial score (nSPS) is 26.3. The Morgan fingerprint density at radius 1 is 1.14 bits per heavy atom. The van der Waals surface area contributed by atoms with Crippen LogP contribution in [-0.2, 0) is 4.79 Å². The number of carbonyl (C=O) groups excluding carboxylic acids is 1. The first-order chi connectivity index (χ1) is 10.2. The van der Waals surface area contributed by atoms with Crippen LogP contribution in [0.2, 0.25) is 0 Å². The Balaban J connectivity index is 0.00000176. The fraction of sp³-hybridized carbons (Fsp3) is 0.611. The van der Waals surface area contributed by atoms with E-state index < -0.39 is 0 Å². The Labute approximate surface area is 139 Å². The number of halogens is 1. The molecule has 0 aliphatic carbocycles. The first-order valence-corrected chi connectivity index (χ1v) is 8.31. The minimum Gasteiger partial charge on any atom is -0.342 e. The third kappa shape index (κ3) is 4.02. The Bertz CT molecular complexity index is 471. The quantitative estimate of drug-likeness (QED) is 0.907. The predicted molar refractivity (Wildman–Crippen MR) is 92.4 cm³/mol. The van der Waals surface area contributed by atoms with E-state index in [9.17, 15) is 4.79 Å². The summed E-state index contributed by atoms with van der Waals surface area (Å²) in [5.74, 6) is 1.27. The first kappa shape index (κ1) is 17.3. The molecule has 3 nitrogen and oxygen atoms in total. The standard InChI is InChI=1S/C18H26N2O.ClH/c1-14-13-17(7-10-19-14)18(21)20-11-8-16(9-12-20)15-5-3-2-4-6-15;/h2-6,14,16-17,19H,7-13H2,1H3;1H/t14-,17-;/m0./s1. The highest BCUT2D eigenvalue weighted by Crippen LogP contribution is 2.29. The fourth-order valence-electron chi connectivity index (χ4n) is 3.77. The van der Waals surface area contributed by atoms with Crippen LogP contribution < -0.4 is 5.32 Å². The minimum atomic E-state index is 0. The van der Waals surface area contributed by atoms with Crippen molar-refractivity contribution in [3.63, 3.8) is 0 Å². The van der Waals surface area contributed by atoms with Gasteiger partial charge in [0.25, 0.3) is 0 Å². The smallest absolute Gasteiger partial charge is 0.225 e. The molecular formula is C18H27ClN2O. The molecule has 2 saturated heterocycles. The summed E-state index contributed by atoms with van der Waals surface area (Å²) in [5, 5.41) is 3.43. The van der Waals surface area contributed by atoms with E-state index in [1.165, 1.54) is 5.56 Å². The molecule has 3 rings (SSSR count). The lowest BCUT2D eigenvalue weighted by Gasteiger charge is -2.36. The van der Waals surface area contributed by atoms with Crippen molar-refractivity contribution in [3.8, 4) is 0 Å². The van der Waals surface area contributed by atoms with Crippen molar-refractivity contribution in [1.82, 2.24) is 10.2 Å². The molecule has 2 aliphatic rings. The molecule has 0 saturated carbocycles. The molecule has 22 heavy (non-hydrogen) atoms. The second-order valence-electron chi connectivity index (χ2n) is 6.59. The molecule has 0 radical (unpaired) electrons. The van der Waals surface area contributed by atoms with E-state index in [0.717, 1.165) is 45.3 Å². The maximum absolute atomic E-state index is 12.6. The van der Waals surface area contributed by atoms with Crippen LogP contribution in [0, 0.1) is 5.92 Å². The van der Waals surface area contributed by atoms with Gasteiger partial charge in [-0.15, -0.1) is 12.4 Å². The van der Waals surface area contributed by atoms with Gasteiger partial charge in [-0.25, -0.2) is 0 Å². The number of nitrogens with one attached hydrogen (secondary N) is 1. The summed E-state index contributed by atoms with van der Waals surface area (Å²) in [6, 6.07) is 11.2. The molecular weight excluding hydrogens is 296 g/mol. The Morgan fingerprint density at radius 2 is 1.82 bits per heavy atom. The van der Waals surface area contributed by atoms with E-state index >= 15 is 0 Å². The predicted octanol–water partition coefficient (Wildman–Crippen LogP) is 3.20. The molecule has 1 amide bonds. The first-order valence-electron chi connectivity index (χ1n) is 8.31. The number of rotatable bonds is 2. The summed E-state index contributed by atoms with van der Waals surface area (Å²) in [7, 11) is 0. The molecule has 1 aromatic rings. The highest BCUT2D eigenvalue weighted by Gasteiger charge is 2.31. The van der Waals surface area contributed by atoms with E-state index in [1.54, 1.807) is 0 Å². The van der Waals surface area contributed by atoms with Gasteiger partial charge >= 0.3 is 0 Å². The molecule has 2 atom stereocenters. The Morgan fingerprint density at radius 3 is 2.45 bits per heavy atom. The summed E-state index contributed by atoms with van der Waals surface area (Å²) >= 11 is 0. The average Bonchev–Trinajstić information content (AvgIpc) is 2.55. The van der Waals surface area contributed by atoms with Gasteiger partial charge in [-0.1, -0.05) is 30.3 Å². The van der Waals surface area contributed by atoms with Crippen LogP contribution in [0.15, 0.2) is 30.3 Å².